The quantitative estimate of drug-likeness (QED) is 0.701. The molecular formula is C15H26O. The molecule has 0 aromatic rings. The largest absolute Gasteiger partial charge is 0.372 e. The first-order valence-corrected chi connectivity index (χ1v) is 7.32. The average Bonchev–Trinajstić information content (AvgIpc) is 2.22. The minimum Gasteiger partial charge on any atom is -0.372 e. The molecule has 92 valence electrons. The molecule has 0 N–H and O–H groups in total. The predicted octanol–water partition coefficient (Wildman–Crippen LogP) is 4.02. The van der Waals surface area contributed by atoms with Crippen molar-refractivity contribution in [1.82, 2.24) is 0 Å². The lowest BCUT2D eigenvalue weighted by molar-refractivity contribution is -0.221. The van der Waals surface area contributed by atoms with E-state index in [0.717, 1.165) is 23.7 Å². The van der Waals surface area contributed by atoms with Crippen molar-refractivity contribution in [2.24, 2.45) is 23.7 Å². The molecule has 4 fully saturated rings. The molecule has 1 heteroatoms. The van der Waals surface area contributed by atoms with Gasteiger partial charge < -0.3 is 4.74 Å². The van der Waals surface area contributed by atoms with Crippen molar-refractivity contribution in [3.8, 4) is 0 Å². The van der Waals surface area contributed by atoms with E-state index < -0.39 is 0 Å². The summed E-state index contributed by atoms with van der Waals surface area (Å²) in [4.78, 5) is 0. The summed E-state index contributed by atoms with van der Waals surface area (Å²) in [5.41, 5.74) is 0.265. The smallest absolute Gasteiger partial charge is 0.0739 e. The zero-order chi connectivity index (χ0) is 11.3. The highest BCUT2D eigenvalue weighted by molar-refractivity contribution is 5.07. The Bertz CT molecular complexity index is 241. The first kappa shape index (κ1) is 11.1. The molecule has 0 saturated heterocycles. The Morgan fingerprint density at radius 3 is 1.88 bits per heavy atom. The Balaban J connectivity index is 1.88. The lowest BCUT2D eigenvalue weighted by Gasteiger charge is -2.61. The van der Waals surface area contributed by atoms with Crippen LogP contribution in [-0.2, 0) is 4.74 Å². The number of ether oxygens (including phenoxy) is 1. The van der Waals surface area contributed by atoms with Crippen LogP contribution in [0.3, 0.4) is 0 Å². The van der Waals surface area contributed by atoms with Gasteiger partial charge in [-0.15, -0.1) is 0 Å². The van der Waals surface area contributed by atoms with Crippen LogP contribution in [0, 0.1) is 23.7 Å². The van der Waals surface area contributed by atoms with Crippen LogP contribution in [0.25, 0.3) is 0 Å². The Hall–Kier alpha value is -0.0400. The van der Waals surface area contributed by atoms with Crippen LogP contribution in [0.15, 0.2) is 0 Å². The van der Waals surface area contributed by atoms with Gasteiger partial charge in [-0.25, -0.2) is 0 Å². The van der Waals surface area contributed by atoms with Gasteiger partial charge in [-0.05, 0) is 76.0 Å². The van der Waals surface area contributed by atoms with E-state index in [2.05, 4.69) is 20.8 Å². The summed E-state index contributed by atoms with van der Waals surface area (Å²) in [6.45, 7) is 6.77. The van der Waals surface area contributed by atoms with E-state index in [1.807, 2.05) is 0 Å². The van der Waals surface area contributed by atoms with Crippen LogP contribution in [0.1, 0.15) is 59.3 Å². The van der Waals surface area contributed by atoms with Crippen LogP contribution in [-0.4, -0.2) is 11.7 Å². The van der Waals surface area contributed by atoms with Crippen LogP contribution < -0.4 is 0 Å². The van der Waals surface area contributed by atoms with Crippen LogP contribution in [0.4, 0.5) is 0 Å². The summed E-state index contributed by atoms with van der Waals surface area (Å²) >= 11 is 0. The van der Waals surface area contributed by atoms with E-state index in [1.54, 1.807) is 0 Å². The molecule has 4 aliphatic carbocycles. The highest BCUT2D eigenvalue weighted by atomic mass is 16.5. The normalized spacial score (nSPS) is 50.2. The fraction of sp³-hybridized carbons (Fsp3) is 1.00. The fourth-order valence-corrected chi connectivity index (χ4v) is 5.27. The number of hydrogen-bond acceptors (Lipinski definition) is 1. The molecule has 0 heterocycles. The Kier molecular flexibility index (Phi) is 2.58. The van der Waals surface area contributed by atoms with Gasteiger partial charge >= 0.3 is 0 Å². The third-order valence-corrected chi connectivity index (χ3v) is 5.53. The highest BCUT2D eigenvalue weighted by Crippen LogP contribution is 2.60. The van der Waals surface area contributed by atoms with Crippen LogP contribution in [0.2, 0.25) is 0 Å². The van der Waals surface area contributed by atoms with E-state index in [-0.39, 0.29) is 5.60 Å². The maximum absolute atomic E-state index is 6.46. The molecule has 16 heavy (non-hydrogen) atoms. The van der Waals surface area contributed by atoms with Gasteiger partial charge in [0.05, 0.1) is 11.7 Å². The molecular weight excluding hydrogens is 196 g/mol. The second-order valence-corrected chi connectivity index (χ2v) is 6.78. The van der Waals surface area contributed by atoms with Gasteiger partial charge in [0.25, 0.3) is 0 Å². The molecule has 4 rings (SSSR count). The molecule has 0 spiro atoms. The predicted molar refractivity (Wildman–Crippen MR) is 66.3 cm³/mol. The minimum absolute atomic E-state index is 0.265. The molecule has 0 radical (unpaired) electrons. The SMILES string of the molecule is CCC1(OC(C)C)C2CC3CC(C2)CC1C3. The zero-order valence-corrected chi connectivity index (χ0v) is 11.0. The molecule has 0 aromatic carbocycles. The van der Waals surface area contributed by atoms with E-state index in [9.17, 15) is 0 Å². The molecule has 0 unspecified atom stereocenters. The van der Waals surface area contributed by atoms with E-state index in [0.29, 0.717) is 6.10 Å². The van der Waals surface area contributed by atoms with Crippen molar-refractivity contribution in [3.05, 3.63) is 0 Å². The van der Waals surface area contributed by atoms with Gasteiger partial charge in [-0.3, -0.25) is 0 Å². The van der Waals surface area contributed by atoms with E-state index in [1.165, 1.54) is 38.5 Å². The summed E-state index contributed by atoms with van der Waals surface area (Å²) in [7, 11) is 0. The van der Waals surface area contributed by atoms with Crippen LogP contribution >= 0.6 is 0 Å². The van der Waals surface area contributed by atoms with Crippen molar-refractivity contribution in [2.45, 2.75) is 71.0 Å². The summed E-state index contributed by atoms with van der Waals surface area (Å²) in [5.74, 6) is 3.88. The third kappa shape index (κ3) is 1.47. The van der Waals surface area contributed by atoms with Gasteiger partial charge in [0.2, 0.25) is 0 Å². The maximum atomic E-state index is 6.46. The Morgan fingerprint density at radius 2 is 1.50 bits per heavy atom. The van der Waals surface area contributed by atoms with Gasteiger partial charge in [0.1, 0.15) is 0 Å². The molecule has 4 bridgehead atoms. The van der Waals surface area contributed by atoms with E-state index in [4.69, 9.17) is 4.74 Å². The van der Waals surface area contributed by atoms with Crippen molar-refractivity contribution >= 4 is 0 Å². The summed E-state index contributed by atoms with van der Waals surface area (Å²) in [6, 6.07) is 0. The van der Waals surface area contributed by atoms with Crippen molar-refractivity contribution in [1.29, 1.82) is 0 Å². The fourth-order valence-electron chi connectivity index (χ4n) is 5.27. The van der Waals surface area contributed by atoms with Gasteiger partial charge in [0, 0.05) is 0 Å². The lowest BCUT2D eigenvalue weighted by Crippen LogP contribution is -2.59. The van der Waals surface area contributed by atoms with Crippen molar-refractivity contribution in [2.75, 3.05) is 0 Å². The second kappa shape index (κ2) is 3.73. The number of rotatable bonds is 3. The lowest BCUT2D eigenvalue weighted by atomic mass is 9.49. The van der Waals surface area contributed by atoms with Crippen LogP contribution in [0.5, 0.6) is 0 Å². The molecule has 4 aliphatic rings. The minimum atomic E-state index is 0.265. The monoisotopic (exact) mass is 222 g/mol. The molecule has 4 saturated carbocycles. The van der Waals surface area contributed by atoms with Crippen molar-refractivity contribution < 1.29 is 4.74 Å². The summed E-state index contributed by atoms with van der Waals surface area (Å²) in [6.07, 6.45) is 9.04. The van der Waals surface area contributed by atoms with Crippen molar-refractivity contribution in [3.63, 3.8) is 0 Å². The Labute approximate surface area is 99.9 Å². The Morgan fingerprint density at radius 1 is 1.00 bits per heavy atom. The topological polar surface area (TPSA) is 9.23 Å². The average molecular weight is 222 g/mol. The number of hydrogen-bond donors (Lipinski definition) is 0. The van der Waals surface area contributed by atoms with Gasteiger partial charge in [0.15, 0.2) is 0 Å². The second-order valence-electron chi connectivity index (χ2n) is 6.78. The molecule has 1 nitrogen and oxygen atoms in total. The molecule has 0 aliphatic heterocycles. The third-order valence-electron chi connectivity index (χ3n) is 5.53. The molecule has 0 atom stereocenters. The standard InChI is InChI=1S/C15H26O/c1-4-15(16-10(2)3)13-6-11-5-12(8-13)9-14(15)7-11/h10-14H,4-9H2,1-3H3. The van der Waals surface area contributed by atoms with Gasteiger partial charge in [-0.1, -0.05) is 6.92 Å². The zero-order valence-electron chi connectivity index (χ0n) is 11.0. The highest BCUT2D eigenvalue weighted by Gasteiger charge is 2.57. The maximum Gasteiger partial charge on any atom is 0.0739 e. The van der Waals surface area contributed by atoms with E-state index >= 15 is 0 Å². The summed E-state index contributed by atoms with van der Waals surface area (Å²) in [5, 5.41) is 0. The molecule has 0 aromatic heterocycles. The molecule has 0 amide bonds. The van der Waals surface area contributed by atoms with Gasteiger partial charge in [-0.2, -0.15) is 0 Å². The first-order valence-electron chi connectivity index (χ1n) is 7.32. The first-order chi connectivity index (χ1) is 7.64. The summed E-state index contributed by atoms with van der Waals surface area (Å²) < 4.78 is 6.46.